The Morgan fingerprint density at radius 1 is 1.21 bits per heavy atom. The smallest absolute Gasteiger partial charge is 0.0977 e. The molecule has 2 unspecified atom stereocenters. The summed E-state index contributed by atoms with van der Waals surface area (Å²) in [5.41, 5.74) is 0. The molecule has 82 valence electrons. The predicted octanol–water partition coefficient (Wildman–Crippen LogP) is 1.05. The third kappa shape index (κ3) is 2.02. The van der Waals surface area contributed by atoms with Crippen LogP contribution in [0.1, 0.15) is 38.5 Å². The molecule has 1 saturated heterocycles. The summed E-state index contributed by atoms with van der Waals surface area (Å²) in [6.45, 7) is 1.08. The Hall–Kier alpha value is 0.0700. The van der Waals surface area contributed by atoms with E-state index in [1.807, 2.05) is 4.31 Å². The van der Waals surface area contributed by atoms with E-state index in [0.29, 0.717) is 5.25 Å². The van der Waals surface area contributed by atoms with Gasteiger partial charge >= 0.3 is 0 Å². The minimum Gasteiger partial charge on any atom is -0.395 e. The maximum absolute atomic E-state index is 12.1. The molecule has 0 aromatic rings. The minimum atomic E-state index is -0.827. The van der Waals surface area contributed by atoms with Crippen molar-refractivity contribution in [3.63, 3.8) is 0 Å². The molecule has 1 heterocycles. The molecule has 0 aromatic heterocycles. The first-order chi connectivity index (χ1) is 6.83. The summed E-state index contributed by atoms with van der Waals surface area (Å²) in [5.74, 6) is 0. The molecule has 1 aliphatic heterocycles. The molecule has 2 aliphatic rings. The van der Waals surface area contributed by atoms with E-state index in [9.17, 15) is 4.21 Å². The zero-order chi connectivity index (χ0) is 9.97. The van der Waals surface area contributed by atoms with Gasteiger partial charge in [-0.1, -0.05) is 12.8 Å². The van der Waals surface area contributed by atoms with Crippen LogP contribution >= 0.6 is 0 Å². The summed E-state index contributed by atoms with van der Waals surface area (Å²) >= 11 is 0. The molecule has 0 aromatic carbocycles. The summed E-state index contributed by atoms with van der Waals surface area (Å²) < 4.78 is 14.2. The Kier molecular flexibility index (Phi) is 3.57. The van der Waals surface area contributed by atoms with E-state index in [4.69, 9.17) is 5.11 Å². The predicted molar refractivity (Wildman–Crippen MR) is 57.2 cm³/mol. The van der Waals surface area contributed by atoms with Crippen LogP contribution in [-0.2, 0) is 11.0 Å². The largest absolute Gasteiger partial charge is 0.395 e. The summed E-state index contributed by atoms with van der Waals surface area (Å²) in [5, 5.41) is 9.53. The number of aliphatic hydroxyl groups excluding tert-OH is 1. The van der Waals surface area contributed by atoms with Crippen molar-refractivity contribution in [3.8, 4) is 0 Å². The van der Waals surface area contributed by atoms with Crippen molar-refractivity contribution in [1.82, 2.24) is 4.31 Å². The Balaban J connectivity index is 1.95. The molecule has 4 heteroatoms. The Labute approximate surface area is 88.1 Å². The lowest BCUT2D eigenvalue weighted by Gasteiger charge is -2.24. The monoisotopic (exact) mass is 217 g/mol. The second-order valence-electron chi connectivity index (χ2n) is 4.30. The van der Waals surface area contributed by atoms with Gasteiger partial charge in [-0.05, 0) is 25.7 Å². The van der Waals surface area contributed by atoms with Crippen molar-refractivity contribution in [2.45, 2.75) is 49.8 Å². The Bertz CT molecular complexity index is 216. The van der Waals surface area contributed by atoms with E-state index in [0.717, 1.165) is 32.2 Å². The number of nitrogens with zero attached hydrogens (tertiary/aromatic N) is 1. The zero-order valence-electron chi connectivity index (χ0n) is 8.52. The maximum atomic E-state index is 12.1. The van der Waals surface area contributed by atoms with E-state index in [1.54, 1.807) is 0 Å². The second kappa shape index (κ2) is 4.73. The average molecular weight is 217 g/mol. The first kappa shape index (κ1) is 10.6. The van der Waals surface area contributed by atoms with Gasteiger partial charge in [0.1, 0.15) is 0 Å². The molecular formula is C10H19NO2S. The van der Waals surface area contributed by atoms with Crippen molar-refractivity contribution >= 4 is 11.0 Å². The second-order valence-corrected chi connectivity index (χ2v) is 5.99. The molecule has 2 atom stereocenters. The lowest BCUT2D eigenvalue weighted by Crippen LogP contribution is -2.38. The lowest BCUT2D eigenvalue weighted by atomic mass is 10.2. The first-order valence-corrected chi connectivity index (χ1v) is 6.78. The van der Waals surface area contributed by atoms with Crippen LogP contribution < -0.4 is 0 Å². The van der Waals surface area contributed by atoms with Crippen LogP contribution in [0.25, 0.3) is 0 Å². The van der Waals surface area contributed by atoms with Gasteiger partial charge in [0.25, 0.3) is 0 Å². The number of hydrogen-bond donors (Lipinski definition) is 1. The fourth-order valence-electron chi connectivity index (χ4n) is 2.51. The van der Waals surface area contributed by atoms with E-state index >= 15 is 0 Å². The first-order valence-electron chi connectivity index (χ1n) is 5.61. The SMILES string of the molecule is O=S(C1CCCC1)N1CCCC1CO. The summed E-state index contributed by atoms with van der Waals surface area (Å²) in [7, 11) is -0.827. The fourth-order valence-corrected chi connectivity index (χ4v) is 4.40. The third-order valence-electron chi connectivity index (χ3n) is 3.35. The highest BCUT2D eigenvalue weighted by atomic mass is 32.2. The van der Waals surface area contributed by atoms with Gasteiger partial charge in [-0.25, -0.2) is 8.51 Å². The number of aliphatic hydroxyl groups is 1. The van der Waals surface area contributed by atoms with Crippen molar-refractivity contribution in [2.24, 2.45) is 0 Å². The van der Waals surface area contributed by atoms with E-state index < -0.39 is 11.0 Å². The van der Waals surface area contributed by atoms with Crippen molar-refractivity contribution in [1.29, 1.82) is 0 Å². The van der Waals surface area contributed by atoms with Crippen LogP contribution in [0.3, 0.4) is 0 Å². The highest BCUT2D eigenvalue weighted by Crippen LogP contribution is 2.28. The van der Waals surface area contributed by atoms with Gasteiger partial charge < -0.3 is 5.11 Å². The summed E-state index contributed by atoms with van der Waals surface area (Å²) in [6.07, 6.45) is 6.78. The average Bonchev–Trinajstić information content (AvgIpc) is 2.87. The minimum absolute atomic E-state index is 0.163. The molecule has 3 nitrogen and oxygen atoms in total. The lowest BCUT2D eigenvalue weighted by molar-refractivity contribution is 0.217. The fraction of sp³-hybridized carbons (Fsp3) is 1.00. The molecule has 2 rings (SSSR count). The van der Waals surface area contributed by atoms with Crippen LogP contribution in [0.4, 0.5) is 0 Å². The topological polar surface area (TPSA) is 40.5 Å². The molecule has 1 aliphatic carbocycles. The van der Waals surface area contributed by atoms with Gasteiger partial charge in [0, 0.05) is 17.8 Å². The maximum Gasteiger partial charge on any atom is 0.0977 e. The standard InChI is InChI=1S/C10H19NO2S/c12-8-9-4-3-7-11(9)14(13)10-5-1-2-6-10/h9-10,12H,1-8H2. The number of hydrogen-bond acceptors (Lipinski definition) is 2. The molecule has 0 amide bonds. The van der Waals surface area contributed by atoms with Gasteiger partial charge in [0.2, 0.25) is 0 Å². The molecule has 0 bridgehead atoms. The van der Waals surface area contributed by atoms with Gasteiger partial charge in [-0.3, -0.25) is 0 Å². The molecule has 1 N–H and O–H groups in total. The quantitative estimate of drug-likeness (QED) is 0.767. The summed E-state index contributed by atoms with van der Waals surface area (Å²) in [4.78, 5) is 0. The highest BCUT2D eigenvalue weighted by Gasteiger charge is 2.33. The molecular weight excluding hydrogens is 198 g/mol. The van der Waals surface area contributed by atoms with E-state index in [-0.39, 0.29) is 12.6 Å². The Morgan fingerprint density at radius 3 is 2.57 bits per heavy atom. The van der Waals surface area contributed by atoms with Crippen molar-refractivity contribution in [2.75, 3.05) is 13.2 Å². The highest BCUT2D eigenvalue weighted by molar-refractivity contribution is 7.83. The van der Waals surface area contributed by atoms with E-state index in [2.05, 4.69) is 0 Å². The molecule has 2 fully saturated rings. The van der Waals surface area contributed by atoms with Gasteiger partial charge in [-0.2, -0.15) is 0 Å². The van der Waals surface area contributed by atoms with Crippen LogP contribution in [0.2, 0.25) is 0 Å². The van der Waals surface area contributed by atoms with Gasteiger partial charge in [0.15, 0.2) is 0 Å². The zero-order valence-corrected chi connectivity index (χ0v) is 9.34. The Morgan fingerprint density at radius 2 is 1.93 bits per heavy atom. The van der Waals surface area contributed by atoms with Crippen LogP contribution in [0, 0.1) is 0 Å². The third-order valence-corrected chi connectivity index (χ3v) is 5.34. The van der Waals surface area contributed by atoms with Crippen LogP contribution in [-0.4, -0.2) is 38.1 Å². The van der Waals surface area contributed by atoms with Gasteiger partial charge in [-0.15, -0.1) is 0 Å². The molecule has 14 heavy (non-hydrogen) atoms. The molecule has 1 saturated carbocycles. The van der Waals surface area contributed by atoms with E-state index in [1.165, 1.54) is 12.8 Å². The molecule has 0 spiro atoms. The summed E-state index contributed by atoms with van der Waals surface area (Å²) in [6, 6.07) is 0.163. The van der Waals surface area contributed by atoms with Crippen molar-refractivity contribution < 1.29 is 9.32 Å². The van der Waals surface area contributed by atoms with Crippen molar-refractivity contribution in [3.05, 3.63) is 0 Å². The normalized spacial score (nSPS) is 32.5. The van der Waals surface area contributed by atoms with Crippen LogP contribution in [0.5, 0.6) is 0 Å². The van der Waals surface area contributed by atoms with Gasteiger partial charge in [0.05, 0.1) is 17.6 Å². The van der Waals surface area contributed by atoms with Crippen LogP contribution in [0.15, 0.2) is 0 Å². The molecule has 0 radical (unpaired) electrons. The number of rotatable bonds is 3.